The summed E-state index contributed by atoms with van der Waals surface area (Å²) in [6.45, 7) is 2.15. The normalized spacial score (nSPS) is 18.5. The smallest absolute Gasteiger partial charge is 0.328 e. The van der Waals surface area contributed by atoms with Crippen LogP contribution in [0.2, 0.25) is 0 Å². The van der Waals surface area contributed by atoms with Gasteiger partial charge in [0.1, 0.15) is 5.41 Å². The number of hydrogen-bond acceptors (Lipinski definition) is 4. The molecule has 92 valence electrons. The van der Waals surface area contributed by atoms with Gasteiger partial charge in [-0.05, 0) is 25.8 Å². The zero-order valence-electron chi connectivity index (χ0n) is 9.04. The van der Waals surface area contributed by atoms with Crippen LogP contribution in [0.1, 0.15) is 26.2 Å². The van der Waals surface area contributed by atoms with Gasteiger partial charge in [-0.25, -0.2) is 4.79 Å². The van der Waals surface area contributed by atoms with Gasteiger partial charge in [-0.3, -0.25) is 20.2 Å². The van der Waals surface area contributed by atoms with Crippen molar-refractivity contribution < 1.29 is 14.4 Å². The van der Waals surface area contributed by atoms with Crippen molar-refractivity contribution in [2.75, 3.05) is 6.54 Å². The second-order valence-corrected chi connectivity index (χ2v) is 3.57. The van der Waals surface area contributed by atoms with Crippen molar-refractivity contribution in [3.05, 3.63) is 0 Å². The molecule has 0 spiro atoms. The molecule has 1 fully saturated rings. The molecule has 1 rings (SSSR count). The Labute approximate surface area is 99.7 Å². The maximum Gasteiger partial charge on any atom is 0.328 e. The molecule has 0 aliphatic carbocycles. The van der Waals surface area contributed by atoms with Crippen LogP contribution in [0.3, 0.4) is 0 Å². The Balaban J connectivity index is 0.00000225. The van der Waals surface area contributed by atoms with Crippen LogP contribution in [0.4, 0.5) is 4.79 Å². The van der Waals surface area contributed by atoms with Gasteiger partial charge in [-0.1, -0.05) is 6.92 Å². The SMILES string of the molecule is CCC1(CCCN)C(=O)NC(=O)NC1=O.Cl. The zero-order valence-corrected chi connectivity index (χ0v) is 9.86. The first kappa shape index (κ1) is 14.9. The second kappa shape index (κ2) is 5.81. The van der Waals surface area contributed by atoms with Crippen LogP contribution in [0.25, 0.3) is 0 Å². The van der Waals surface area contributed by atoms with E-state index in [-0.39, 0.29) is 12.4 Å². The molecule has 0 unspecified atom stereocenters. The van der Waals surface area contributed by atoms with Crippen LogP contribution in [-0.2, 0) is 9.59 Å². The maximum atomic E-state index is 11.6. The standard InChI is InChI=1S/C9H15N3O3.ClH/c1-2-9(4-3-5-10)6(13)11-8(15)12-7(9)14;/h2-5,10H2,1H3,(H2,11,12,13,14,15);1H. The third-order valence-corrected chi connectivity index (χ3v) is 2.73. The number of urea groups is 1. The molecule has 0 bridgehead atoms. The molecule has 1 saturated heterocycles. The highest BCUT2D eigenvalue weighted by Gasteiger charge is 2.48. The average molecular weight is 250 g/mol. The van der Waals surface area contributed by atoms with Crippen molar-refractivity contribution >= 4 is 30.3 Å². The Morgan fingerprint density at radius 1 is 1.19 bits per heavy atom. The molecule has 1 aliphatic rings. The van der Waals surface area contributed by atoms with Crippen molar-refractivity contribution in [1.29, 1.82) is 0 Å². The van der Waals surface area contributed by atoms with E-state index in [1.54, 1.807) is 6.92 Å². The second-order valence-electron chi connectivity index (χ2n) is 3.57. The first-order valence-corrected chi connectivity index (χ1v) is 4.93. The Morgan fingerprint density at radius 2 is 1.69 bits per heavy atom. The van der Waals surface area contributed by atoms with Crippen molar-refractivity contribution in [3.8, 4) is 0 Å². The van der Waals surface area contributed by atoms with E-state index in [4.69, 9.17) is 5.73 Å². The number of carbonyl (C=O) groups is 3. The predicted molar refractivity (Wildman–Crippen MR) is 59.9 cm³/mol. The van der Waals surface area contributed by atoms with E-state index < -0.39 is 23.3 Å². The van der Waals surface area contributed by atoms with Crippen molar-refractivity contribution in [2.24, 2.45) is 11.1 Å². The highest BCUT2D eigenvalue weighted by molar-refractivity contribution is 6.19. The lowest BCUT2D eigenvalue weighted by Crippen LogP contribution is -2.62. The molecule has 1 aliphatic heterocycles. The van der Waals surface area contributed by atoms with Gasteiger partial charge in [0.2, 0.25) is 11.8 Å². The quantitative estimate of drug-likeness (QED) is 0.606. The first-order chi connectivity index (χ1) is 7.06. The van der Waals surface area contributed by atoms with E-state index in [0.717, 1.165) is 0 Å². The van der Waals surface area contributed by atoms with Crippen molar-refractivity contribution in [3.63, 3.8) is 0 Å². The Hall–Kier alpha value is -1.14. The molecule has 0 aromatic heterocycles. The molecular weight excluding hydrogens is 234 g/mol. The number of rotatable bonds is 4. The minimum absolute atomic E-state index is 0. The molecule has 4 amide bonds. The molecule has 0 aromatic rings. The molecule has 16 heavy (non-hydrogen) atoms. The summed E-state index contributed by atoms with van der Waals surface area (Å²) in [6.07, 6.45) is 1.30. The summed E-state index contributed by atoms with van der Waals surface area (Å²) >= 11 is 0. The topological polar surface area (TPSA) is 101 Å². The van der Waals surface area contributed by atoms with Gasteiger partial charge in [-0.15, -0.1) is 12.4 Å². The van der Waals surface area contributed by atoms with Crippen LogP contribution >= 0.6 is 12.4 Å². The molecule has 0 aromatic carbocycles. The Kier molecular flexibility index (Phi) is 5.40. The van der Waals surface area contributed by atoms with Gasteiger partial charge >= 0.3 is 6.03 Å². The third kappa shape index (κ3) is 2.51. The number of hydrogen-bond donors (Lipinski definition) is 3. The number of nitrogens with two attached hydrogens (primary N) is 1. The van der Waals surface area contributed by atoms with E-state index >= 15 is 0 Å². The van der Waals surface area contributed by atoms with Gasteiger partial charge in [-0.2, -0.15) is 0 Å². The van der Waals surface area contributed by atoms with E-state index in [1.807, 2.05) is 0 Å². The first-order valence-electron chi connectivity index (χ1n) is 4.93. The number of carbonyl (C=O) groups excluding carboxylic acids is 3. The highest BCUT2D eigenvalue weighted by atomic mass is 35.5. The van der Waals surface area contributed by atoms with Crippen molar-refractivity contribution in [1.82, 2.24) is 10.6 Å². The summed E-state index contributed by atoms with van der Waals surface area (Å²) < 4.78 is 0. The Morgan fingerprint density at radius 3 is 2.06 bits per heavy atom. The number of halogens is 1. The number of nitrogens with one attached hydrogen (secondary N) is 2. The van der Waals surface area contributed by atoms with E-state index in [1.165, 1.54) is 0 Å². The number of imide groups is 2. The van der Waals surface area contributed by atoms with E-state index in [0.29, 0.717) is 25.8 Å². The molecule has 0 atom stereocenters. The minimum atomic E-state index is -1.13. The number of amides is 4. The molecular formula is C9H16ClN3O3. The molecule has 4 N–H and O–H groups in total. The van der Waals surface area contributed by atoms with Gasteiger partial charge in [0.05, 0.1) is 0 Å². The van der Waals surface area contributed by atoms with Gasteiger partial charge in [0, 0.05) is 0 Å². The fourth-order valence-electron chi connectivity index (χ4n) is 1.71. The molecule has 0 radical (unpaired) electrons. The molecule has 6 nitrogen and oxygen atoms in total. The lowest BCUT2D eigenvalue weighted by Gasteiger charge is -2.32. The van der Waals surface area contributed by atoms with Gasteiger partial charge < -0.3 is 5.73 Å². The Bertz CT molecular complexity index is 286. The summed E-state index contributed by atoms with van der Waals surface area (Å²) in [5.41, 5.74) is 4.22. The van der Waals surface area contributed by atoms with E-state index in [2.05, 4.69) is 10.6 Å². The lowest BCUT2D eigenvalue weighted by atomic mass is 9.77. The van der Waals surface area contributed by atoms with Crippen LogP contribution in [-0.4, -0.2) is 24.4 Å². The minimum Gasteiger partial charge on any atom is -0.330 e. The molecule has 1 heterocycles. The summed E-state index contributed by atoms with van der Waals surface area (Å²) in [7, 11) is 0. The predicted octanol–water partition coefficient (Wildman–Crippen LogP) is -0.0905. The van der Waals surface area contributed by atoms with E-state index in [9.17, 15) is 14.4 Å². The fraction of sp³-hybridized carbons (Fsp3) is 0.667. The fourth-order valence-corrected chi connectivity index (χ4v) is 1.71. The van der Waals surface area contributed by atoms with Crippen LogP contribution < -0.4 is 16.4 Å². The molecule has 7 heteroatoms. The van der Waals surface area contributed by atoms with Crippen LogP contribution in [0, 0.1) is 5.41 Å². The van der Waals surface area contributed by atoms with Gasteiger partial charge in [0.25, 0.3) is 0 Å². The maximum absolute atomic E-state index is 11.6. The summed E-state index contributed by atoms with van der Waals surface area (Å²) in [5.74, 6) is -1.04. The highest BCUT2D eigenvalue weighted by Crippen LogP contribution is 2.30. The molecule has 0 saturated carbocycles. The summed E-state index contributed by atoms with van der Waals surface area (Å²) in [4.78, 5) is 34.2. The zero-order chi connectivity index (χ0) is 11.5. The van der Waals surface area contributed by atoms with Crippen LogP contribution in [0.15, 0.2) is 0 Å². The summed E-state index contributed by atoms with van der Waals surface area (Å²) in [5, 5.41) is 4.22. The monoisotopic (exact) mass is 249 g/mol. The lowest BCUT2D eigenvalue weighted by molar-refractivity contribution is -0.145. The summed E-state index contributed by atoms with van der Waals surface area (Å²) in [6, 6.07) is -0.748. The third-order valence-electron chi connectivity index (χ3n) is 2.73. The largest absolute Gasteiger partial charge is 0.330 e. The number of barbiturate groups is 1. The van der Waals surface area contributed by atoms with Crippen LogP contribution in [0.5, 0.6) is 0 Å². The average Bonchev–Trinajstić information content (AvgIpc) is 2.17. The van der Waals surface area contributed by atoms with Crippen molar-refractivity contribution in [2.45, 2.75) is 26.2 Å². The van der Waals surface area contributed by atoms with Gasteiger partial charge in [0.15, 0.2) is 0 Å².